The van der Waals surface area contributed by atoms with Gasteiger partial charge in [0.2, 0.25) is 0 Å². The van der Waals surface area contributed by atoms with Gasteiger partial charge in [0, 0.05) is 0 Å². The van der Waals surface area contributed by atoms with E-state index in [2.05, 4.69) is 84.4 Å². The summed E-state index contributed by atoms with van der Waals surface area (Å²) >= 11 is 1.93. The molecule has 0 saturated carbocycles. The Morgan fingerprint density at radius 3 is 1.86 bits per heavy atom. The molecule has 2 nitrogen and oxygen atoms in total. The van der Waals surface area contributed by atoms with Gasteiger partial charge in [-0.1, -0.05) is 0 Å². The average Bonchev–Trinajstić information content (AvgIpc) is 3.01. The number of hydrogen-bond donors (Lipinski definition) is 0. The van der Waals surface area contributed by atoms with Gasteiger partial charge in [-0.25, -0.2) is 0 Å². The third-order valence-electron chi connectivity index (χ3n) is 4.09. The van der Waals surface area contributed by atoms with Crippen LogP contribution in [0.1, 0.15) is 0 Å². The normalized spacial score (nSPS) is 12.3. The molecule has 4 heteroatoms. The number of hydrogen-bond acceptors (Lipinski definition) is 2. The summed E-state index contributed by atoms with van der Waals surface area (Å²) in [6, 6.07) is 21.9. The van der Waals surface area contributed by atoms with Crippen LogP contribution in [0.2, 0.25) is 0 Å². The van der Waals surface area contributed by atoms with E-state index < -0.39 is 7.26 Å². The molecule has 0 radical (unpaired) electrons. The first-order valence-electron chi connectivity index (χ1n) is 7.36. The molecule has 114 valence electrons. The molecule has 0 aliphatic rings. The van der Waals surface area contributed by atoms with Crippen molar-refractivity contribution in [2.24, 2.45) is 7.05 Å². The van der Waals surface area contributed by atoms with Crippen molar-refractivity contribution in [1.82, 2.24) is 9.78 Å². The summed E-state index contributed by atoms with van der Waals surface area (Å²) in [7, 11) is -0.0256. The van der Waals surface area contributed by atoms with Crippen molar-refractivity contribution in [3.63, 3.8) is 0 Å². The molecule has 0 bridgehead atoms. The van der Waals surface area contributed by atoms with E-state index in [4.69, 9.17) is 0 Å². The van der Waals surface area contributed by atoms with E-state index in [0.717, 1.165) is 5.49 Å². The molecule has 1 heterocycles. The topological polar surface area (TPSA) is 17.8 Å². The van der Waals surface area contributed by atoms with Gasteiger partial charge < -0.3 is 0 Å². The van der Waals surface area contributed by atoms with Crippen LogP contribution in [-0.2, 0) is 7.05 Å². The Morgan fingerprint density at radius 2 is 1.45 bits per heavy atom. The van der Waals surface area contributed by atoms with E-state index in [1.807, 2.05) is 23.5 Å². The van der Waals surface area contributed by atoms with Gasteiger partial charge in [0.25, 0.3) is 0 Å². The van der Waals surface area contributed by atoms with Gasteiger partial charge in [0.1, 0.15) is 0 Å². The molecule has 3 aromatic rings. The molecule has 0 aliphatic heterocycles. The Hall–Kier alpha value is -1.57. The third kappa shape index (κ3) is 2.71. The molecule has 0 atom stereocenters. The molecule has 0 aliphatic carbocycles. The summed E-state index contributed by atoms with van der Waals surface area (Å²) in [4.78, 5) is 0. The van der Waals surface area contributed by atoms with Gasteiger partial charge in [0.15, 0.2) is 0 Å². The fourth-order valence-corrected chi connectivity index (χ4v) is 9.99. The fraction of sp³-hybridized carbons (Fsp3) is 0.167. The van der Waals surface area contributed by atoms with Crippen LogP contribution in [0.3, 0.4) is 0 Å². The molecule has 0 N–H and O–H groups in total. The van der Waals surface area contributed by atoms with Crippen LogP contribution in [0.4, 0.5) is 0 Å². The number of nitrogens with zero attached hydrogens (tertiary/aromatic N) is 2. The Balaban J connectivity index is 2.28. The van der Waals surface area contributed by atoms with Crippen LogP contribution in [0.25, 0.3) is 0 Å². The van der Waals surface area contributed by atoms with Crippen molar-refractivity contribution < 1.29 is 0 Å². The van der Waals surface area contributed by atoms with Crippen molar-refractivity contribution in [2.75, 3.05) is 11.7 Å². The molecule has 22 heavy (non-hydrogen) atoms. The maximum atomic E-state index is 4.46. The third-order valence-corrected chi connectivity index (χ3v) is 10.9. The summed E-state index contributed by atoms with van der Waals surface area (Å²) in [5.41, 5.74) is 1.12. The van der Waals surface area contributed by atoms with Gasteiger partial charge in [-0.3, -0.25) is 0 Å². The molecule has 0 spiro atoms. The number of aromatic nitrogens is 2. The maximum absolute atomic E-state index is 4.46. The standard InChI is InChI=1S/C18H21N2PS/c1-20-14-18(13-19-20)21(15-22-2,16-9-5-3-6-10-16)17-11-7-4-8-12-17/h3-14,21H,15H2,1-2H3. The van der Waals surface area contributed by atoms with Crippen LogP contribution in [0.15, 0.2) is 73.1 Å². The van der Waals surface area contributed by atoms with Crippen molar-refractivity contribution in [2.45, 2.75) is 0 Å². The van der Waals surface area contributed by atoms with Gasteiger partial charge in [-0.05, 0) is 0 Å². The SMILES string of the molecule is CSC[PH](c1ccccc1)(c1ccccc1)c1cnn(C)c1. The number of rotatable bonds is 5. The minimum atomic E-state index is -2.02. The van der Waals surface area contributed by atoms with E-state index in [1.165, 1.54) is 15.9 Å². The van der Waals surface area contributed by atoms with Crippen LogP contribution >= 0.6 is 19.0 Å². The minimum absolute atomic E-state index is 1.12. The summed E-state index contributed by atoms with van der Waals surface area (Å²) < 4.78 is 1.92. The molecule has 0 unspecified atom stereocenters. The summed E-state index contributed by atoms with van der Waals surface area (Å²) in [5, 5.41) is 8.73. The molecule has 2 aromatic carbocycles. The van der Waals surface area contributed by atoms with Crippen molar-refractivity contribution in [3.05, 3.63) is 73.1 Å². The van der Waals surface area contributed by atoms with Crippen LogP contribution in [0, 0.1) is 0 Å². The Labute approximate surface area is 136 Å². The zero-order valence-electron chi connectivity index (χ0n) is 12.9. The average molecular weight is 328 g/mol. The first-order valence-corrected chi connectivity index (χ1v) is 11.0. The second-order valence-electron chi connectivity index (χ2n) is 5.47. The second-order valence-corrected chi connectivity index (χ2v) is 10.7. The number of thioether (sulfide) groups is 1. The van der Waals surface area contributed by atoms with E-state index in [0.29, 0.717) is 0 Å². The first kappa shape index (κ1) is 15.3. The van der Waals surface area contributed by atoms with Crippen LogP contribution < -0.4 is 15.9 Å². The second kappa shape index (κ2) is 6.68. The van der Waals surface area contributed by atoms with Crippen LogP contribution in [-0.4, -0.2) is 21.5 Å². The van der Waals surface area contributed by atoms with Crippen molar-refractivity contribution in [1.29, 1.82) is 0 Å². The molecule has 1 aromatic heterocycles. The predicted octanol–water partition coefficient (Wildman–Crippen LogP) is 2.77. The Morgan fingerprint density at radius 1 is 0.909 bits per heavy atom. The molecular formula is C18H21N2PS. The van der Waals surface area contributed by atoms with E-state index >= 15 is 0 Å². The van der Waals surface area contributed by atoms with Crippen molar-refractivity contribution in [3.8, 4) is 0 Å². The Kier molecular flexibility index (Phi) is 4.66. The molecular weight excluding hydrogens is 307 g/mol. The van der Waals surface area contributed by atoms with Crippen molar-refractivity contribution >= 4 is 34.9 Å². The zero-order valence-corrected chi connectivity index (χ0v) is 14.8. The predicted molar refractivity (Wildman–Crippen MR) is 102 cm³/mol. The summed E-state index contributed by atoms with van der Waals surface area (Å²) in [6.45, 7) is 0. The first-order chi connectivity index (χ1) is 10.8. The zero-order chi connectivity index (χ0) is 15.4. The van der Waals surface area contributed by atoms with Crippen LogP contribution in [0.5, 0.6) is 0 Å². The molecule has 3 rings (SSSR count). The molecule has 0 saturated heterocycles. The van der Waals surface area contributed by atoms with Gasteiger partial charge in [-0.15, -0.1) is 0 Å². The van der Waals surface area contributed by atoms with E-state index in [9.17, 15) is 0 Å². The fourth-order valence-electron chi connectivity index (χ4n) is 3.05. The summed E-state index contributed by atoms with van der Waals surface area (Å²) in [6.07, 6.45) is 6.45. The van der Waals surface area contributed by atoms with Gasteiger partial charge in [0.05, 0.1) is 0 Å². The summed E-state index contributed by atoms with van der Waals surface area (Å²) in [5.74, 6) is 0. The van der Waals surface area contributed by atoms with E-state index in [-0.39, 0.29) is 0 Å². The quantitative estimate of drug-likeness (QED) is 0.670. The number of benzene rings is 2. The molecule has 0 amide bonds. The van der Waals surface area contributed by atoms with Gasteiger partial charge in [-0.2, -0.15) is 0 Å². The Bertz CT molecular complexity index is 686. The van der Waals surface area contributed by atoms with E-state index in [1.54, 1.807) is 0 Å². The molecule has 0 fully saturated rings. The number of aryl methyl sites for hydroxylation is 1. The van der Waals surface area contributed by atoms with Gasteiger partial charge >= 0.3 is 137 Å². The monoisotopic (exact) mass is 328 g/mol.